The second kappa shape index (κ2) is 6.35. The molecule has 1 aromatic heterocycles. The van der Waals surface area contributed by atoms with Crippen LogP contribution >= 0.6 is 0 Å². The molecule has 0 aliphatic heterocycles. The number of aromatic nitrogens is 1. The van der Waals surface area contributed by atoms with E-state index in [0.717, 1.165) is 6.54 Å². The molecule has 0 spiro atoms. The van der Waals surface area contributed by atoms with Crippen molar-refractivity contribution >= 4 is 11.7 Å². The van der Waals surface area contributed by atoms with Gasteiger partial charge in [0.2, 0.25) is 0 Å². The van der Waals surface area contributed by atoms with E-state index in [1.807, 2.05) is 20.8 Å². The van der Waals surface area contributed by atoms with Crippen molar-refractivity contribution < 1.29 is 9.53 Å². The fraction of sp³-hybridized carbons (Fsp3) is 0.538. The lowest BCUT2D eigenvalue weighted by Gasteiger charge is -2.23. The maximum atomic E-state index is 12.1. The highest BCUT2D eigenvalue weighted by Gasteiger charge is 2.19. The van der Waals surface area contributed by atoms with Gasteiger partial charge in [0.15, 0.2) is 0 Å². The van der Waals surface area contributed by atoms with Crippen molar-refractivity contribution in [2.75, 3.05) is 25.5 Å². The maximum Gasteiger partial charge on any atom is 0.255 e. The minimum atomic E-state index is -0.379. The molecule has 0 aliphatic carbocycles. The number of hydrogen-bond acceptors (Lipinski definition) is 4. The minimum absolute atomic E-state index is 0.149. The number of anilines is 1. The van der Waals surface area contributed by atoms with E-state index in [0.29, 0.717) is 17.9 Å². The summed E-state index contributed by atoms with van der Waals surface area (Å²) in [6.07, 6.45) is 1.66. The first kappa shape index (κ1) is 14.4. The second-order valence-corrected chi connectivity index (χ2v) is 4.58. The minimum Gasteiger partial charge on any atom is -0.377 e. The lowest BCUT2D eigenvalue weighted by atomic mass is 10.1. The first-order valence-electron chi connectivity index (χ1n) is 6.02. The summed E-state index contributed by atoms with van der Waals surface area (Å²) in [6, 6.07) is 3.50. The van der Waals surface area contributed by atoms with Gasteiger partial charge in [-0.05, 0) is 32.9 Å². The lowest BCUT2D eigenvalue weighted by molar-refractivity contribution is 0.0229. The molecule has 0 saturated carbocycles. The van der Waals surface area contributed by atoms with Crippen molar-refractivity contribution in [1.29, 1.82) is 0 Å². The van der Waals surface area contributed by atoms with E-state index in [4.69, 9.17) is 4.74 Å². The number of carbonyl (C=O) groups is 1. The van der Waals surface area contributed by atoms with Gasteiger partial charge in [-0.25, -0.2) is 4.98 Å². The first-order chi connectivity index (χ1) is 8.50. The molecule has 0 bridgehead atoms. The number of nitrogens with one attached hydrogen (secondary N) is 2. The fourth-order valence-corrected chi connectivity index (χ4v) is 1.36. The van der Waals surface area contributed by atoms with Crippen molar-refractivity contribution in [3.8, 4) is 0 Å². The van der Waals surface area contributed by atoms with Crippen LogP contribution in [0.25, 0.3) is 0 Å². The van der Waals surface area contributed by atoms with Crippen LogP contribution in [0.3, 0.4) is 0 Å². The van der Waals surface area contributed by atoms with Crippen molar-refractivity contribution in [2.24, 2.45) is 0 Å². The number of nitrogens with zero attached hydrogens (tertiary/aromatic N) is 1. The molecular weight excluding hydrogens is 230 g/mol. The maximum absolute atomic E-state index is 12.1. The average molecular weight is 251 g/mol. The number of rotatable bonds is 6. The van der Waals surface area contributed by atoms with Crippen LogP contribution in [0.2, 0.25) is 0 Å². The molecule has 0 aliphatic rings. The Hall–Kier alpha value is -1.62. The molecular formula is C13H21N3O2. The molecule has 0 radical (unpaired) electrons. The van der Waals surface area contributed by atoms with Gasteiger partial charge in [0.25, 0.3) is 5.91 Å². The number of amides is 1. The summed E-state index contributed by atoms with van der Waals surface area (Å²) in [6.45, 7) is 6.97. The predicted octanol–water partition coefficient (Wildman–Crippen LogP) is 1.67. The smallest absolute Gasteiger partial charge is 0.255 e. The molecule has 1 heterocycles. The van der Waals surface area contributed by atoms with Crippen LogP contribution in [-0.4, -0.2) is 36.7 Å². The Balaban J connectivity index is 2.72. The molecule has 18 heavy (non-hydrogen) atoms. The van der Waals surface area contributed by atoms with Gasteiger partial charge in [0, 0.05) is 26.4 Å². The summed E-state index contributed by atoms with van der Waals surface area (Å²) < 4.78 is 5.26. The van der Waals surface area contributed by atoms with Crippen molar-refractivity contribution in [3.63, 3.8) is 0 Å². The summed E-state index contributed by atoms with van der Waals surface area (Å²) in [4.78, 5) is 16.2. The number of pyridine rings is 1. The Kier molecular flexibility index (Phi) is 5.09. The molecule has 5 heteroatoms. The van der Waals surface area contributed by atoms with E-state index in [1.165, 1.54) is 0 Å². The SMILES string of the molecule is CCNc1ncccc1C(=O)NCC(C)(C)OC. The first-order valence-corrected chi connectivity index (χ1v) is 6.02. The van der Waals surface area contributed by atoms with Gasteiger partial charge in [-0.2, -0.15) is 0 Å². The highest BCUT2D eigenvalue weighted by molar-refractivity contribution is 5.98. The topological polar surface area (TPSA) is 63.2 Å². The van der Waals surface area contributed by atoms with Gasteiger partial charge in [0.05, 0.1) is 11.2 Å². The molecule has 2 N–H and O–H groups in total. The van der Waals surface area contributed by atoms with Gasteiger partial charge >= 0.3 is 0 Å². The average Bonchev–Trinajstić information content (AvgIpc) is 2.37. The van der Waals surface area contributed by atoms with Crippen molar-refractivity contribution in [1.82, 2.24) is 10.3 Å². The van der Waals surface area contributed by atoms with Crippen LogP contribution in [0.15, 0.2) is 18.3 Å². The standard InChI is InChI=1S/C13H21N3O2/c1-5-14-11-10(7-6-8-15-11)12(17)16-9-13(2,3)18-4/h6-8H,5,9H2,1-4H3,(H,14,15)(H,16,17). The zero-order chi connectivity index (χ0) is 13.6. The summed E-state index contributed by atoms with van der Waals surface area (Å²) in [5.41, 5.74) is 0.169. The Morgan fingerprint density at radius 2 is 2.22 bits per heavy atom. The Bertz CT molecular complexity index is 405. The Morgan fingerprint density at radius 3 is 2.83 bits per heavy atom. The summed E-state index contributed by atoms with van der Waals surface area (Å²) >= 11 is 0. The molecule has 0 saturated heterocycles. The molecule has 1 aromatic rings. The quantitative estimate of drug-likeness (QED) is 0.807. The Labute approximate surface area is 108 Å². The molecule has 0 aromatic carbocycles. The summed E-state index contributed by atoms with van der Waals surface area (Å²) in [5.74, 6) is 0.455. The van der Waals surface area contributed by atoms with E-state index in [9.17, 15) is 4.79 Å². The number of carbonyl (C=O) groups excluding carboxylic acids is 1. The van der Waals surface area contributed by atoms with E-state index in [1.54, 1.807) is 25.4 Å². The molecule has 100 valence electrons. The zero-order valence-corrected chi connectivity index (χ0v) is 11.4. The summed E-state index contributed by atoms with van der Waals surface area (Å²) in [5, 5.41) is 5.91. The lowest BCUT2D eigenvalue weighted by Crippen LogP contribution is -2.40. The number of hydrogen-bond donors (Lipinski definition) is 2. The van der Waals surface area contributed by atoms with E-state index >= 15 is 0 Å². The third kappa shape index (κ3) is 4.00. The highest BCUT2D eigenvalue weighted by atomic mass is 16.5. The van der Waals surface area contributed by atoms with E-state index in [-0.39, 0.29) is 11.5 Å². The predicted molar refractivity (Wildman–Crippen MR) is 71.8 cm³/mol. The van der Waals surface area contributed by atoms with Gasteiger partial charge in [-0.3, -0.25) is 4.79 Å². The molecule has 1 amide bonds. The molecule has 1 rings (SSSR count). The molecule has 0 unspecified atom stereocenters. The molecule has 0 fully saturated rings. The number of methoxy groups -OCH3 is 1. The monoisotopic (exact) mass is 251 g/mol. The van der Waals surface area contributed by atoms with Gasteiger partial charge < -0.3 is 15.4 Å². The molecule has 5 nitrogen and oxygen atoms in total. The van der Waals surface area contributed by atoms with Crippen LogP contribution in [-0.2, 0) is 4.74 Å². The zero-order valence-electron chi connectivity index (χ0n) is 11.4. The van der Waals surface area contributed by atoms with Crippen LogP contribution < -0.4 is 10.6 Å². The van der Waals surface area contributed by atoms with E-state index < -0.39 is 0 Å². The second-order valence-electron chi connectivity index (χ2n) is 4.58. The molecule has 0 atom stereocenters. The van der Waals surface area contributed by atoms with Crippen LogP contribution in [0.1, 0.15) is 31.1 Å². The summed E-state index contributed by atoms with van der Waals surface area (Å²) in [7, 11) is 1.63. The van der Waals surface area contributed by atoms with Gasteiger partial charge in [0.1, 0.15) is 5.82 Å². The Morgan fingerprint density at radius 1 is 1.50 bits per heavy atom. The normalized spacial score (nSPS) is 11.1. The van der Waals surface area contributed by atoms with Crippen LogP contribution in [0.4, 0.5) is 5.82 Å². The van der Waals surface area contributed by atoms with E-state index in [2.05, 4.69) is 15.6 Å². The van der Waals surface area contributed by atoms with Gasteiger partial charge in [-0.1, -0.05) is 0 Å². The van der Waals surface area contributed by atoms with Crippen LogP contribution in [0, 0.1) is 0 Å². The van der Waals surface area contributed by atoms with Gasteiger partial charge in [-0.15, -0.1) is 0 Å². The highest BCUT2D eigenvalue weighted by Crippen LogP contribution is 2.12. The third-order valence-corrected chi connectivity index (χ3v) is 2.62. The van der Waals surface area contributed by atoms with Crippen molar-refractivity contribution in [3.05, 3.63) is 23.9 Å². The van der Waals surface area contributed by atoms with Crippen molar-refractivity contribution in [2.45, 2.75) is 26.4 Å². The van der Waals surface area contributed by atoms with Crippen LogP contribution in [0.5, 0.6) is 0 Å². The fourth-order valence-electron chi connectivity index (χ4n) is 1.36. The largest absolute Gasteiger partial charge is 0.377 e. The number of ether oxygens (including phenoxy) is 1. The third-order valence-electron chi connectivity index (χ3n) is 2.62.